The van der Waals surface area contributed by atoms with Gasteiger partial charge in [-0.2, -0.15) is 0 Å². The molecule has 1 aromatic heterocycles. The van der Waals surface area contributed by atoms with Crippen LogP contribution in [0, 0.1) is 0 Å². The Bertz CT molecular complexity index is 564. The first-order valence-corrected chi connectivity index (χ1v) is 5.31. The number of cyclic esters (lactones) is 1. The SMILES string of the molecule is O=C1NC(c2cc3cc(Cl)ccc3[nH]2)CO1. The second-order valence-electron chi connectivity index (χ2n) is 3.75. The van der Waals surface area contributed by atoms with Gasteiger partial charge in [-0.05, 0) is 24.3 Å². The number of carbonyl (C=O) groups excluding carboxylic acids is 1. The zero-order chi connectivity index (χ0) is 11.1. The molecular weight excluding hydrogens is 228 g/mol. The second kappa shape index (κ2) is 3.42. The van der Waals surface area contributed by atoms with Crippen LogP contribution in [0.5, 0.6) is 0 Å². The lowest BCUT2D eigenvalue weighted by atomic mass is 10.2. The van der Waals surface area contributed by atoms with E-state index in [1.807, 2.05) is 24.3 Å². The van der Waals surface area contributed by atoms with Crippen LogP contribution in [0.15, 0.2) is 24.3 Å². The molecule has 0 bridgehead atoms. The van der Waals surface area contributed by atoms with E-state index in [-0.39, 0.29) is 12.1 Å². The van der Waals surface area contributed by atoms with Gasteiger partial charge < -0.3 is 15.0 Å². The van der Waals surface area contributed by atoms with Crippen LogP contribution in [-0.2, 0) is 4.74 Å². The number of halogens is 1. The quantitative estimate of drug-likeness (QED) is 0.800. The third kappa shape index (κ3) is 1.51. The van der Waals surface area contributed by atoms with E-state index in [1.54, 1.807) is 0 Å². The van der Waals surface area contributed by atoms with Crippen molar-refractivity contribution >= 4 is 28.6 Å². The van der Waals surface area contributed by atoms with Crippen LogP contribution in [0.4, 0.5) is 4.79 Å². The lowest BCUT2D eigenvalue weighted by Gasteiger charge is -2.02. The number of nitrogens with one attached hydrogen (secondary N) is 2. The second-order valence-corrected chi connectivity index (χ2v) is 4.19. The van der Waals surface area contributed by atoms with E-state index in [2.05, 4.69) is 10.3 Å². The van der Waals surface area contributed by atoms with Crippen molar-refractivity contribution in [2.45, 2.75) is 6.04 Å². The van der Waals surface area contributed by atoms with E-state index in [0.29, 0.717) is 11.6 Å². The molecule has 2 N–H and O–H groups in total. The van der Waals surface area contributed by atoms with E-state index in [1.165, 1.54) is 0 Å². The third-order valence-corrected chi connectivity index (χ3v) is 2.89. The fourth-order valence-corrected chi connectivity index (χ4v) is 2.05. The zero-order valence-corrected chi connectivity index (χ0v) is 9.04. The molecule has 0 radical (unpaired) electrons. The van der Waals surface area contributed by atoms with Crippen LogP contribution < -0.4 is 5.32 Å². The zero-order valence-electron chi connectivity index (χ0n) is 8.29. The molecule has 5 heteroatoms. The minimum Gasteiger partial charge on any atom is -0.447 e. The van der Waals surface area contributed by atoms with Crippen LogP contribution in [0.1, 0.15) is 11.7 Å². The van der Waals surface area contributed by atoms with Crippen LogP contribution in [0.2, 0.25) is 5.02 Å². The highest BCUT2D eigenvalue weighted by atomic mass is 35.5. The molecule has 0 aliphatic carbocycles. The lowest BCUT2D eigenvalue weighted by molar-refractivity contribution is 0.177. The molecule has 1 fully saturated rings. The van der Waals surface area contributed by atoms with Crippen molar-refractivity contribution in [1.82, 2.24) is 10.3 Å². The Hall–Kier alpha value is -1.68. The molecule has 0 saturated carbocycles. The highest BCUT2D eigenvalue weighted by Crippen LogP contribution is 2.24. The van der Waals surface area contributed by atoms with Gasteiger partial charge >= 0.3 is 6.09 Å². The summed E-state index contributed by atoms with van der Waals surface area (Å²) in [7, 11) is 0. The summed E-state index contributed by atoms with van der Waals surface area (Å²) >= 11 is 5.90. The first-order chi connectivity index (χ1) is 7.72. The van der Waals surface area contributed by atoms with Crippen molar-refractivity contribution in [3.05, 3.63) is 35.0 Å². The molecule has 1 amide bonds. The molecule has 82 valence electrons. The third-order valence-electron chi connectivity index (χ3n) is 2.65. The maximum atomic E-state index is 10.9. The van der Waals surface area contributed by atoms with Crippen molar-refractivity contribution in [3.8, 4) is 0 Å². The van der Waals surface area contributed by atoms with E-state index in [4.69, 9.17) is 16.3 Å². The Balaban J connectivity index is 2.02. The summed E-state index contributed by atoms with van der Waals surface area (Å²) < 4.78 is 4.84. The maximum Gasteiger partial charge on any atom is 0.407 e. The molecule has 1 aliphatic rings. The first-order valence-electron chi connectivity index (χ1n) is 4.94. The van der Waals surface area contributed by atoms with Crippen molar-refractivity contribution in [2.75, 3.05) is 6.61 Å². The Labute approximate surface area is 96.5 Å². The van der Waals surface area contributed by atoms with Gasteiger partial charge in [0, 0.05) is 21.6 Å². The molecule has 2 heterocycles. The van der Waals surface area contributed by atoms with Crippen LogP contribution >= 0.6 is 11.6 Å². The van der Waals surface area contributed by atoms with E-state index < -0.39 is 0 Å². The van der Waals surface area contributed by atoms with Gasteiger partial charge in [-0.15, -0.1) is 0 Å². The molecule has 1 aromatic carbocycles. The average molecular weight is 237 g/mol. The monoisotopic (exact) mass is 236 g/mol. The van der Waals surface area contributed by atoms with Crippen molar-refractivity contribution in [3.63, 3.8) is 0 Å². The molecule has 2 aromatic rings. The van der Waals surface area contributed by atoms with Crippen molar-refractivity contribution in [2.24, 2.45) is 0 Å². The van der Waals surface area contributed by atoms with Crippen LogP contribution in [-0.4, -0.2) is 17.7 Å². The van der Waals surface area contributed by atoms with Gasteiger partial charge in [-0.25, -0.2) is 4.79 Å². The van der Waals surface area contributed by atoms with E-state index in [0.717, 1.165) is 16.6 Å². The molecule has 16 heavy (non-hydrogen) atoms. The van der Waals surface area contributed by atoms with Gasteiger partial charge in [0.15, 0.2) is 0 Å². The lowest BCUT2D eigenvalue weighted by Crippen LogP contribution is -2.18. The largest absolute Gasteiger partial charge is 0.447 e. The molecule has 1 saturated heterocycles. The summed E-state index contributed by atoms with van der Waals surface area (Å²) in [5, 5.41) is 4.45. The summed E-state index contributed by atoms with van der Waals surface area (Å²) in [5.74, 6) is 0. The fourth-order valence-electron chi connectivity index (χ4n) is 1.87. The normalized spacial score (nSPS) is 19.8. The van der Waals surface area contributed by atoms with Crippen molar-refractivity contribution in [1.29, 1.82) is 0 Å². The van der Waals surface area contributed by atoms with E-state index >= 15 is 0 Å². The molecule has 3 rings (SSSR count). The molecule has 4 nitrogen and oxygen atoms in total. The molecule has 1 unspecified atom stereocenters. The first kappa shape index (κ1) is 9.54. The number of carbonyl (C=O) groups is 1. The average Bonchev–Trinajstić information content (AvgIpc) is 2.83. The summed E-state index contributed by atoms with van der Waals surface area (Å²) in [6.07, 6.45) is -0.373. The van der Waals surface area contributed by atoms with Crippen molar-refractivity contribution < 1.29 is 9.53 Å². The van der Waals surface area contributed by atoms with Gasteiger partial charge in [0.25, 0.3) is 0 Å². The number of ether oxygens (including phenoxy) is 1. The van der Waals surface area contributed by atoms with E-state index in [9.17, 15) is 4.79 Å². The summed E-state index contributed by atoms with van der Waals surface area (Å²) in [6, 6.07) is 7.50. The summed E-state index contributed by atoms with van der Waals surface area (Å²) in [6.45, 7) is 0.361. The number of alkyl carbamates (subject to hydrolysis) is 1. The predicted molar refractivity (Wildman–Crippen MR) is 60.5 cm³/mol. The topological polar surface area (TPSA) is 54.1 Å². The number of aromatic amines is 1. The number of rotatable bonds is 1. The highest BCUT2D eigenvalue weighted by molar-refractivity contribution is 6.31. The van der Waals surface area contributed by atoms with Gasteiger partial charge in [0.2, 0.25) is 0 Å². The molecular formula is C11H9ClN2O2. The highest BCUT2D eigenvalue weighted by Gasteiger charge is 2.24. The Morgan fingerprint density at radius 2 is 2.25 bits per heavy atom. The van der Waals surface area contributed by atoms with Crippen LogP contribution in [0.3, 0.4) is 0 Å². The maximum absolute atomic E-state index is 10.9. The minimum absolute atomic E-state index is 0.0984. The Morgan fingerprint density at radius 1 is 1.38 bits per heavy atom. The predicted octanol–water partition coefficient (Wildman–Crippen LogP) is 2.60. The molecule has 1 aliphatic heterocycles. The number of H-pyrrole nitrogens is 1. The summed E-state index contributed by atoms with van der Waals surface area (Å²) in [4.78, 5) is 14.2. The minimum atomic E-state index is -0.373. The Kier molecular flexibility index (Phi) is 2.04. The molecule has 0 spiro atoms. The number of fused-ring (bicyclic) bond motifs is 1. The Morgan fingerprint density at radius 3 is 3.00 bits per heavy atom. The van der Waals surface area contributed by atoms with Gasteiger partial charge in [0.05, 0.1) is 0 Å². The number of aromatic nitrogens is 1. The number of amides is 1. The number of hydrogen-bond donors (Lipinski definition) is 2. The fraction of sp³-hybridized carbons (Fsp3) is 0.182. The van der Waals surface area contributed by atoms with Gasteiger partial charge in [-0.1, -0.05) is 11.6 Å². The van der Waals surface area contributed by atoms with Gasteiger partial charge in [-0.3, -0.25) is 0 Å². The standard InChI is InChI=1S/C11H9ClN2O2/c12-7-1-2-8-6(3-7)4-9(13-8)10-5-16-11(15)14-10/h1-4,10,13H,5H2,(H,14,15). The van der Waals surface area contributed by atoms with Crippen LogP contribution in [0.25, 0.3) is 10.9 Å². The molecule has 1 atom stereocenters. The number of benzene rings is 1. The smallest absolute Gasteiger partial charge is 0.407 e. The van der Waals surface area contributed by atoms with Gasteiger partial charge in [0.1, 0.15) is 12.6 Å². The number of hydrogen-bond acceptors (Lipinski definition) is 2. The summed E-state index contributed by atoms with van der Waals surface area (Å²) in [5.41, 5.74) is 1.93.